The van der Waals surface area contributed by atoms with Gasteiger partial charge in [-0.2, -0.15) is 5.10 Å². The van der Waals surface area contributed by atoms with Crippen LogP contribution in [-0.2, 0) is 11.2 Å². The van der Waals surface area contributed by atoms with Gasteiger partial charge < -0.3 is 10.6 Å². The van der Waals surface area contributed by atoms with Gasteiger partial charge in [0.05, 0.1) is 11.7 Å². The maximum Gasteiger partial charge on any atom is 0.269 e. The molecule has 1 atom stereocenters. The van der Waals surface area contributed by atoms with Crippen molar-refractivity contribution in [3.05, 3.63) is 52.8 Å². The number of likely N-dealkylation sites (tertiary alicyclic amines) is 1. The summed E-state index contributed by atoms with van der Waals surface area (Å²) in [4.78, 5) is 26.0. The summed E-state index contributed by atoms with van der Waals surface area (Å²) in [5.41, 5.74) is 8.66. The Balaban J connectivity index is 1.69. The normalized spacial score (nSPS) is 17.5. The van der Waals surface area contributed by atoms with Crippen molar-refractivity contribution in [3.63, 3.8) is 0 Å². The van der Waals surface area contributed by atoms with Crippen molar-refractivity contribution < 1.29 is 9.59 Å². The second-order valence-corrected chi connectivity index (χ2v) is 6.66. The second kappa shape index (κ2) is 7.51. The number of primary amides is 1. The number of nitrogens with zero attached hydrogens (tertiary/aromatic N) is 2. The number of carbonyl (C=O) groups excluding carboxylic acids is 2. The van der Waals surface area contributed by atoms with Crippen LogP contribution in [0.1, 0.15) is 59.0 Å². The molecule has 6 nitrogen and oxygen atoms in total. The number of hydrogen-bond donors (Lipinski definition) is 2. The van der Waals surface area contributed by atoms with Crippen molar-refractivity contribution in [1.29, 1.82) is 0 Å². The number of rotatable bonds is 5. The molecule has 0 unspecified atom stereocenters. The van der Waals surface area contributed by atoms with E-state index in [1.165, 1.54) is 11.1 Å². The minimum absolute atomic E-state index is 0.0561. The Kier molecular flexibility index (Phi) is 5.16. The van der Waals surface area contributed by atoms with Crippen LogP contribution in [0.2, 0.25) is 0 Å². The SMILES string of the molecule is Cc1cccc(CCC(=O)N2CCCC[C@H]2c2cc(C(N)=O)n[nH]2)c1. The summed E-state index contributed by atoms with van der Waals surface area (Å²) < 4.78 is 0. The van der Waals surface area contributed by atoms with Crippen LogP contribution in [0, 0.1) is 6.92 Å². The molecule has 0 bridgehead atoms. The van der Waals surface area contributed by atoms with Crippen LogP contribution in [0.4, 0.5) is 0 Å². The molecular formula is C19H24N4O2. The number of nitrogens with one attached hydrogen (secondary N) is 1. The molecule has 3 N–H and O–H groups in total. The van der Waals surface area contributed by atoms with Gasteiger partial charge in [-0.1, -0.05) is 29.8 Å². The minimum Gasteiger partial charge on any atom is -0.364 e. The highest BCUT2D eigenvalue weighted by atomic mass is 16.2. The Bertz CT molecular complexity index is 768. The molecule has 6 heteroatoms. The highest BCUT2D eigenvalue weighted by Crippen LogP contribution is 2.30. The van der Waals surface area contributed by atoms with Crippen molar-refractivity contribution >= 4 is 11.8 Å². The fourth-order valence-electron chi connectivity index (χ4n) is 3.45. The Morgan fingerprint density at radius 3 is 2.88 bits per heavy atom. The quantitative estimate of drug-likeness (QED) is 0.876. The first-order valence-electron chi connectivity index (χ1n) is 8.74. The second-order valence-electron chi connectivity index (χ2n) is 6.66. The highest BCUT2D eigenvalue weighted by Gasteiger charge is 2.29. The lowest BCUT2D eigenvalue weighted by molar-refractivity contribution is -0.135. The van der Waals surface area contributed by atoms with Crippen LogP contribution in [0.5, 0.6) is 0 Å². The maximum atomic E-state index is 12.8. The molecule has 1 aliphatic rings. The van der Waals surface area contributed by atoms with Crippen molar-refractivity contribution in [2.24, 2.45) is 5.73 Å². The van der Waals surface area contributed by atoms with Gasteiger partial charge in [0, 0.05) is 13.0 Å². The molecule has 0 aliphatic carbocycles. The molecule has 25 heavy (non-hydrogen) atoms. The summed E-state index contributed by atoms with van der Waals surface area (Å²) in [5.74, 6) is -0.419. The first-order chi connectivity index (χ1) is 12.0. The summed E-state index contributed by atoms with van der Waals surface area (Å²) in [6.07, 6.45) is 4.15. The number of aromatic amines is 1. The van der Waals surface area contributed by atoms with E-state index in [1.54, 1.807) is 6.07 Å². The van der Waals surface area contributed by atoms with Gasteiger partial charge in [0.2, 0.25) is 5.91 Å². The van der Waals surface area contributed by atoms with Crippen LogP contribution in [0.25, 0.3) is 0 Å². The van der Waals surface area contributed by atoms with E-state index in [1.807, 2.05) is 11.0 Å². The smallest absolute Gasteiger partial charge is 0.269 e. The van der Waals surface area contributed by atoms with Crippen LogP contribution < -0.4 is 5.73 Å². The van der Waals surface area contributed by atoms with Crippen molar-refractivity contribution in [2.75, 3.05) is 6.54 Å². The number of aromatic nitrogens is 2. The fourth-order valence-corrected chi connectivity index (χ4v) is 3.45. The lowest BCUT2D eigenvalue weighted by Gasteiger charge is -2.35. The van der Waals surface area contributed by atoms with Crippen LogP contribution in [0.15, 0.2) is 30.3 Å². The number of amides is 2. The molecule has 0 radical (unpaired) electrons. The van der Waals surface area contributed by atoms with Gasteiger partial charge >= 0.3 is 0 Å². The van der Waals surface area contributed by atoms with E-state index in [0.717, 1.165) is 37.9 Å². The van der Waals surface area contributed by atoms with E-state index in [2.05, 4.69) is 35.3 Å². The third-order valence-electron chi connectivity index (χ3n) is 4.74. The zero-order chi connectivity index (χ0) is 17.8. The zero-order valence-corrected chi connectivity index (χ0v) is 14.5. The van der Waals surface area contributed by atoms with Crippen molar-refractivity contribution in [2.45, 2.75) is 45.1 Å². The first-order valence-corrected chi connectivity index (χ1v) is 8.74. The molecule has 2 amide bonds. The number of nitrogens with two attached hydrogens (primary N) is 1. The summed E-state index contributed by atoms with van der Waals surface area (Å²) in [6.45, 7) is 2.79. The topological polar surface area (TPSA) is 92.1 Å². The van der Waals surface area contributed by atoms with Gasteiger partial charge in [0.1, 0.15) is 5.69 Å². The minimum atomic E-state index is -0.560. The molecule has 132 valence electrons. The Hall–Kier alpha value is -2.63. The summed E-state index contributed by atoms with van der Waals surface area (Å²) >= 11 is 0. The van der Waals surface area contributed by atoms with E-state index in [-0.39, 0.29) is 17.6 Å². The zero-order valence-electron chi connectivity index (χ0n) is 14.5. The van der Waals surface area contributed by atoms with Crippen LogP contribution >= 0.6 is 0 Å². The van der Waals surface area contributed by atoms with Gasteiger partial charge in [-0.05, 0) is 44.2 Å². The third kappa shape index (κ3) is 4.07. The molecule has 1 saturated heterocycles. The third-order valence-corrected chi connectivity index (χ3v) is 4.74. The van der Waals surface area contributed by atoms with Crippen molar-refractivity contribution in [1.82, 2.24) is 15.1 Å². The molecule has 1 aliphatic heterocycles. The number of aryl methyl sites for hydroxylation is 2. The molecule has 1 aromatic carbocycles. The van der Waals surface area contributed by atoms with Gasteiger partial charge in [0.15, 0.2) is 0 Å². The number of carbonyl (C=O) groups is 2. The molecule has 1 fully saturated rings. The van der Waals surface area contributed by atoms with E-state index < -0.39 is 5.91 Å². The van der Waals surface area contributed by atoms with E-state index in [4.69, 9.17) is 5.73 Å². The number of piperidine rings is 1. The highest BCUT2D eigenvalue weighted by molar-refractivity contribution is 5.90. The average molecular weight is 340 g/mol. The van der Waals surface area contributed by atoms with Gasteiger partial charge in [-0.25, -0.2) is 0 Å². The van der Waals surface area contributed by atoms with Crippen LogP contribution in [0.3, 0.4) is 0 Å². The first kappa shape index (κ1) is 17.2. The molecule has 0 spiro atoms. The molecule has 2 aromatic rings. The predicted molar refractivity (Wildman–Crippen MR) is 94.9 cm³/mol. The Morgan fingerprint density at radius 2 is 2.16 bits per heavy atom. The summed E-state index contributed by atoms with van der Waals surface area (Å²) in [6, 6.07) is 9.87. The number of hydrogen-bond acceptors (Lipinski definition) is 3. The van der Waals surface area contributed by atoms with E-state index in [0.29, 0.717) is 6.42 Å². The summed E-state index contributed by atoms with van der Waals surface area (Å²) in [5, 5.41) is 6.83. The lowest BCUT2D eigenvalue weighted by Crippen LogP contribution is -2.38. The molecule has 2 heterocycles. The fraction of sp³-hybridized carbons (Fsp3) is 0.421. The van der Waals surface area contributed by atoms with Crippen molar-refractivity contribution in [3.8, 4) is 0 Å². The predicted octanol–water partition coefficient (Wildman–Crippen LogP) is 2.50. The number of benzene rings is 1. The van der Waals surface area contributed by atoms with E-state index >= 15 is 0 Å². The van der Waals surface area contributed by atoms with Gasteiger partial charge in [-0.3, -0.25) is 14.7 Å². The Labute approximate surface area is 147 Å². The number of H-pyrrole nitrogens is 1. The van der Waals surface area contributed by atoms with E-state index in [9.17, 15) is 9.59 Å². The molecule has 1 aromatic heterocycles. The standard InChI is InChI=1S/C19H24N4O2/c1-13-5-4-6-14(11-13)8-9-18(24)23-10-3-2-7-17(23)15-12-16(19(20)25)22-21-15/h4-6,11-12,17H,2-3,7-10H2,1H3,(H2,20,25)(H,21,22)/t17-/m0/s1. The largest absolute Gasteiger partial charge is 0.364 e. The molecular weight excluding hydrogens is 316 g/mol. The molecule has 3 rings (SSSR count). The van der Waals surface area contributed by atoms with Gasteiger partial charge in [-0.15, -0.1) is 0 Å². The van der Waals surface area contributed by atoms with Crippen LogP contribution in [-0.4, -0.2) is 33.5 Å². The van der Waals surface area contributed by atoms with Gasteiger partial charge in [0.25, 0.3) is 5.91 Å². The lowest BCUT2D eigenvalue weighted by atomic mass is 9.98. The summed E-state index contributed by atoms with van der Waals surface area (Å²) in [7, 11) is 0. The molecule has 0 saturated carbocycles. The monoisotopic (exact) mass is 340 g/mol. The maximum absolute atomic E-state index is 12.8. The Morgan fingerprint density at radius 1 is 1.32 bits per heavy atom. The average Bonchev–Trinajstić information content (AvgIpc) is 3.10.